The first-order valence-electron chi connectivity index (χ1n) is 7.06. The highest BCUT2D eigenvalue weighted by Gasteiger charge is 2.32. The van der Waals surface area contributed by atoms with Crippen LogP contribution < -0.4 is 4.90 Å². The summed E-state index contributed by atoms with van der Waals surface area (Å²) in [5.74, 6) is 2.78. The minimum atomic E-state index is 0.0832. The number of amides is 1. The van der Waals surface area contributed by atoms with Gasteiger partial charge in [0.25, 0.3) is 5.95 Å². The van der Waals surface area contributed by atoms with Crippen LogP contribution in [0.4, 0.5) is 5.95 Å². The van der Waals surface area contributed by atoms with Crippen molar-refractivity contribution in [3.63, 3.8) is 0 Å². The molecule has 1 aliphatic carbocycles. The predicted octanol–water partition coefficient (Wildman–Crippen LogP) is 2.44. The molecule has 1 aromatic rings. The van der Waals surface area contributed by atoms with E-state index in [-0.39, 0.29) is 11.8 Å². The van der Waals surface area contributed by atoms with E-state index >= 15 is 0 Å². The minimum Gasteiger partial charge on any atom is -0.279 e. The molecule has 1 amide bonds. The Morgan fingerprint density at radius 1 is 1.32 bits per heavy atom. The van der Waals surface area contributed by atoms with Crippen LogP contribution in [0.25, 0.3) is 0 Å². The van der Waals surface area contributed by atoms with E-state index in [0.717, 1.165) is 5.82 Å². The van der Waals surface area contributed by atoms with Crippen LogP contribution in [-0.4, -0.2) is 33.5 Å². The van der Waals surface area contributed by atoms with Gasteiger partial charge in [0, 0.05) is 24.8 Å². The van der Waals surface area contributed by atoms with E-state index in [2.05, 4.69) is 15.2 Å². The van der Waals surface area contributed by atoms with Crippen LogP contribution in [0.3, 0.4) is 0 Å². The molecule has 2 heterocycles. The summed E-state index contributed by atoms with van der Waals surface area (Å²) in [6, 6.07) is 0. The van der Waals surface area contributed by atoms with Crippen molar-refractivity contribution in [2.45, 2.75) is 44.4 Å². The monoisotopic (exact) mass is 282 g/mol. The van der Waals surface area contributed by atoms with E-state index in [1.807, 2.05) is 0 Å². The summed E-state index contributed by atoms with van der Waals surface area (Å²) >= 11 is 5.83. The van der Waals surface area contributed by atoms with Crippen LogP contribution in [0.2, 0.25) is 0 Å². The Morgan fingerprint density at radius 2 is 2.11 bits per heavy atom. The first-order chi connectivity index (χ1) is 9.28. The Morgan fingerprint density at radius 3 is 2.79 bits per heavy atom. The fourth-order valence-corrected chi connectivity index (χ4v) is 3.23. The van der Waals surface area contributed by atoms with E-state index in [1.54, 1.807) is 4.90 Å². The number of rotatable bonds is 3. The molecule has 19 heavy (non-hydrogen) atoms. The van der Waals surface area contributed by atoms with Gasteiger partial charge in [-0.05, 0) is 18.8 Å². The van der Waals surface area contributed by atoms with Crippen LogP contribution in [0.1, 0.15) is 50.3 Å². The van der Waals surface area contributed by atoms with Gasteiger partial charge in [0.1, 0.15) is 5.82 Å². The van der Waals surface area contributed by atoms with Crippen molar-refractivity contribution in [2.75, 3.05) is 17.3 Å². The fourth-order valence-electron chi connectivity index (χ4n) is 3.02. The molecule has 1 unspecified atom stereocenters. The van der Waals surface area contributed by atoms with Gasteiger partial charge in [-0.2, -0.15) is 4.98 Å². The Hall–Kier alpha value is -1.10. The van der Waals surface area contributed by atoms with Crippen LogP contribution in [0.15, 0.2) is 0 Å². The van der Waals surface area contributed by atoms with E-state index in [9.17, 15) is 4.79 Å². The lowest BCUT2D eigenvalue weighted by molar-refractivity contribution is -0.117. The number of H-pyrrole nitrogens is 1. The molecule has 2 aliphatic rings. The normalized spacial score (nSPS) is 25.2. The molecule has 1 saturated carbocycles. The summed E-state index contributed by atoms with van der Waals surface area (Å²) in [6.07, 6.45) is 6.70. The van der Waals surface area contributed by atoms with Gasteiger partial charge >= 0.3 is 0 Å². The van der Waals surface area contributed by atoms with E-state index in [4.69, 9.17) is 11.6 Å². The first-order valence-corrected chi connectivity index (χ1v) is 7.60. The first kappa shape index (κ1) is 12.9. The molecule has 5 nitrogen and oxygen atoms in total. The standard InChI is InChI=1S/C13H19ClN4O/c14-7-9-6-11(19)18(8-9)13-15-12(16-17-13)10-4-2-1-3-5-10/h9-10H,1-8H2,(H,15,16,17). The average molecular weight is 283 g/mol. The van der Waals surface area contributed by atoms with Gasteiger partial charge in [0.2, 0.25) is 5.91 Å². The van der Waals surface area contributed by atoms with Crippen molar-refractivity contribution in [3.05, 3.63) is 5.82 Å². The molecule has 0 bridgehead atoms. The number of halogens is 1. The number of hydrogen-bond acceptors (Lipinski definition) is 3. The summed E-state index contributed by atoms with van der Waals surface area (Å²) in [7, 11) is 0. The Bertz CT molecular complexity index is 455. The fraction of sp³-hybridized carbons (Fsp3) is 0.769. The molecular formula is C13H19ClN4O. The molecule has 0 radical (unpaired) electrons. The lowest BCUT2D eigenvalue weighted by atomic mass is 9.89. The lowest BCUT2D eigenvalue weighted by Crippen LogP contribution is -2.26. The molecule has 3 rings (SSSR count). The molecule has 1 saturated heterocycles. The zero-order valence-electron chi connectivity index (χ0n) is 10.9. The molecule has 104 valence electrons. The minimum absolute atomic E-state index is 0.0832. The van der Waals surface area contributed by atoms with Gasteiger partial charge in [0.05, 0.1) is 0 Å². The maximum atomic E-state index is 11.9. The Kier molecular flexibility index (Phi) is 3.73. The molecule has 1 aromatic heterocycles. The lowest BCUT2D eigenvalue weighted by Gasteiger charge is -2.18. The van der Waals surface area contributed by atoms with E-state index < -0.39 is 0 Å². The smallest absolute Gasteiger partial charge is 0.251 e. The molecule has 1 aliphatic heterocycles. The SMILES string of the molecule is O=C1CC(CCl)CN1c1n[nH]c(C2CCCCC2)n1. The largest absolute Gasteiger partial charge is 0.279 e. The molecule has 0 spiro atoms. The van der Waals surface area contributed by atoms with E-state index in [1.165, 1.54) is 32.1 Å². The molecular weight excluding hydrogens is 264 g/mol. The number of nitrogens with zero attached hydrogens (tertiary/aromatic N) is 3. The number of carbonyl (C=O) groups is 1. The van der Waals surface area contributed by atoms with Gasteiger partial charge in [-0.3, -0.25) is 14.8 Å². The summed E-state index contributed by atoms with van der Waals surface area (Å²) in [4.78, 5) is 18.1. The van der Waals surface area contributed by atoms with Crippen molar-refractivity contribution in [2.24, 2.45) is 5.92 Å². The van der Waals surface area contributed by atoms with Crippen LogP contribution in [-0.2, 0) is 4.79 Å². The van der Waals surface area contributed by atoms with Gasteiger partial charge in [0.15, 0.2) is 0 Å². The van der Waals surface area contributed by atoms with Gasteiger partial charge in [-0.25, -0.2) is 0 Å². The van der Waals surface area contributed by atoms with E-state index in [0.29, 0.717) is 30.7 Å². The third-order valence-corrected chi connectivity index (χ3v) is 4.58. The second-order valence-electron chi connectivity index (χ2n) is 5.58. The number of nitrogens with one attached hydrogen (secondary N) is 1. The van der Waals surface area contributed by atoms with Crippen molar-refractivity contribution >= 4 is 23.5 Å². The summed E-state index contributed by atoms with van der Waals surface area (Å²) in [5.41, 5.74) is 0. The zero-order chi connectivity index (χ0) is 13.2. The number of alkyl halides is 1. The van der Waals surface area contributed by atoms with Crippen molar-refractivity contribution in [1.29, 1.82) is 0 Å². The van der Waals surface area contributed by atoms with Gasteiger partial charge in [-0.1, -0.05) is 19.3 Å². The van der Waals surface area contributed by atoms with Crippen molar-refractivity contribution < 1.29 is 4.79 Å². The topological polar surface area (TPSA) is 61.9 Å². The number of anilines is 1. The molecule has 2 fully saturated rings. The number of hydrogen-bond donors (Lipinski definition) is 1. The van der Waals surface area contributed by atoms with Crippen LogP contribution in [0.5, 0.6) is 0 Å². The average Bonchev–Trinajstić information content (AvgIpc) is 3.06. The van der Waals surface area contributed by atoms with Crippen LogP contribution >= 0.6 is 11.6 Å². The summed E-state index contributed by atoms with van der Waals surface area (Å²) < 4.78 is 0. The van der Waals surface area contributed by atoms with Crippen molar-refractivity contribution in [1.82, 2.24) is 15.2 Å². The highest BCUT2D eigenvalue weighted by Crippen LogP contribution is 2.32. The zero-order valence-corrected chi connectivity index (χ0v) is 11.7. The highest BCUT2D eigenvalue weighted by atomic mass is 35.5. The van der Waals surface area contributed by atoms with Gasteiger partial charge in [-0.15, -0.1) is 16.7 Å². The van der Waals surface area contributed by atoms with Gasteiger partial charge < -0.3 is 0 Å². The number of carbonyl (C=O) groups excluding carboxylic acids is 1. The number of aromatic amines is 1. The quantitative estimate of drug-likeness (QED) is 0.866. The predicted molar refractivity (Wildman–Crippen MR) is 73.4 cm³/mol. The maximum absolute atomic E-state index is 11.9. The second kappa shape index (κ2) is 5.49. The molecule has 1 atom stereocenters. The highest BCUT2D eigenvalue weighted by molar-refractivity contribution is 6.18. The summed E-state index contributed by atoms with van der Waals surface area (Å²) in [5, 5.41) is 7.24. The Balaban J connectivity index is 1.72. The third-order valence-electron chi connectivity index (χ3n) is 4.15. The maximum Gasteiger partial charge on any atom is 0.251 e. The molecule has 6 heteroatoms. The second-order valence-corrected chi connectivity index (χ2v) is 5.89. The molecule has 1 N–H and O–H groups in total. The van der Waals surface area contributed by atoms with Crippen LogP contribution in [0, 0.1) is 5.92 Å². The molecule has 0 aromatic carbocycles. The summed E-state index contributed by atoms with van der Waals surface area (Å²) in [6.45, 7) is 0.643. The van der Waals surface area contributed by atoms with Crippen molar-refractivity contribution in [3.8, 4) is 0 Å². The number of aromatic nitrogens is 3. The third kappa shape index (κ3) is 2.61. The Labute approximate surface area is 117 Å².